The zero-order chi connectivity index (χ0) is 9.45. The van der Waals surface area contributed by atoms with Crippen molar-refractivity contribution in [2.75, 3.05) is 6.54 Å². The van der Waals surface area contributed by atoms with Crippen molar-refractivity contribution < 1.29 is 0 Å². The van der Waals surface area contributed by atoms with Gasteiger partial charge in [0.1, 0.15) is 0 Å². The summed E-state index contributed by atoms with van der Waals surface area (Å²) < 4.78 is 0. The summed E-state index contributed by atoms with van der Waals surface area (Å²) in [5, 5.41) is 0. The van der Waals surface area contributed by atoms with Crippen LogP contribution in [0.15, 0.2) is 25.3 Å². The maximum Gasteiger partial charge on any atom is -0.00718 e. The van der Waals surface area contributed by atoms with Crippen LogP contribution in [0.3, 0.4) is 0 Å². The smallest absolute Gasteiger partial charge is 0.00718 e. The van der Waals surface area contributed by atoms with E-state index >= 15 is 0 Å². The fourth-order valence-corrected chi connectivity index (χ4v) is 1.67. The van der Waals surface area contributed by atoms with Crippen LogP contribution in [0, 0.1) is 5.41 Å². The second kappa shape index (κ2) is 6.01. The molecule has 0 aromatic heterocycles. The van der Waals surface area contributed by atoms with E-state index in [2.05, 4.69) is 20.1 Å². The van der Waals surface area contributed by atoms with Gasteiger partial charge < -0.3 is 5.73 Å². The van der Waals surface area contributed by atoms with E-state index in [1.54, 1.807) is 0 Å². The van der Waals surface area contributed by atoms with Crippen LogP contribution in [-0.2, 0) is 0 Å². The molecule has 0 atom stereocenters. The number of allylic oxidation sites excluding steroid dienone is 2. The number of nitrogens with two attached hydrogens (primary N) is 1. The fraction of sp³-hybridized carbons (Fsp3) is 0.636. The highest BCUT2D eigenvalue weighted by Crippen LogP contribution is 2.34. The first-order valence-electron chi connectivity index (χ1n) is 4.66. The number of hydrogen-bond donors (Lipinski definition) is 1. The van der Waals surface area contributed by atoms with Crippen LogP contribution in [0.2, 0.25) is 0 Å². The minimum absolute atomic E-state index is 0.332. The molecule has 0 spiro atoms. The van der Waals surface area contributed by atoms with Crippen LogP contribution >= 0.6 is 0 Å². The van der Waals surface area contributed by atoms with Crippen LogP contribution in [-0.4, -0.2) is 6.54 Å². The van der Waals surface area contributed by atoms with Gasteiger partial charge in [-0.05, 0) is 37.6 Å². The zero-order valence-electron chi connectivity index (χ0n) is 8.18. The molecule has 0 rings (SSSR count). The van der Waals surface area contributed by atoms with Crippen molar-refractivity contribution in [3.05, 3.63) is 25.3 Å². The summed E-state index contributed by atoms with van der Waals surface area (Å²) in [6.07, 6.45) is 8.30. The summed E-state index contributed by atoms with van der Waals surface area (Å²) in [6.45, 7) is 10.5. The molecule has 0 aromatic carbocycles. The molecule has 0 fully saturated rings. The van der Waals surface area contributed by atoms with Gasteiger partial charge in [-0.25, -0.2) is 0 Å². The van der Waals surface area contributed by atoms with Crippen molar-refractivity contribution >= 4 is 0 Å². The summed E-state index contributed by atoms with van der Waals surface area (Å²) in [6, 6.07) is 0. The third-order valence-corrected chi connectivity index (χ3v) is 2.58. The zero-order valence-corrected chi connectivity index (χ0v) is 8.18. The monoisotopic (exact) mass is 167 g/mol. The topological polar surface area (TPSA) is 26.0 Å². The highest BCUT2D eigenvalue weighted by Gasteiger charge is 2.23. The molecule has 0 aliphatic heterocycles. The molecule has 0 aliphatic rings. The molecule has 0 amide bonds. The predicted octanol–water partition coefficient (Wildman–Crippen LogP) is 2.88. The molecule has 0 aliphatic carbocycles. The predicted molar refractivity (Wildman–Crippen MR) is 56.0 cm³/mol. The van der Waals surface area contributed by atoms with Gasteiger partial charge in [0.2, 0.25) is 0 Å². The minimum atomic E-state index is 0.332. The lowest BCUT2D eigenvalue weighted by molar-refractivity contribution is 0.262. The van der Waals surface area contributed by atoms with Crippen molar-refractivity contribution in [3.63, 3.8) is 0 Å². The van der Waals surface area contributed by atoms with Gasteiger partial charge in [0.15, 0.2) is 0 Å². The van der Waals surface area contributed by atoms with Crippen LogP contribution < -0.4 is 5.73 Å². The Morgan fingerprint density at radius 1 is 1.25 bits per heavy atom. The van der Waals surface area contributed by atoms with Crippen LogP contribution in [0.4, 0.5) is 0 Å². The third kappa shape index (κ3) is 3.22. The fourth-order valence-electron chi connectivity index (χ4n) is 1.67. The molecule has 0 radical (unpaired) electrons. The Bertz CT molecular complexity index is 128. The molecule has 12 heavy (non-hydrogen) atoms. The summed E-state index contributed by atoms with van der Waals surface area (Å²) in [5.41, 5.74) is 5.91. The quantitative estimate of drug-likeness (QED) is 0.580. The highest BCUT2D eigenvalue weighted by molar-refractivity contribution is 4.90. The van der Waals surface area contributed by atoms with Gasteiger partial charge in [-0.15, -0.1) is 13.2 Å². The van der Waals surface area contributed by atoms with Crippen LogP contribution in [0.25, 0.3) is 0 Å². The second-order valence-corrected chi connectivity index (χ2v) is 3.38. The van der Waals surface area contributed by atoms with E-state index < -0.39 is 0 Å². The first kappa shape index (κ1) is 11.4. The Hall–Kier alpha value is -0.560. The van der Waals surface area contributed by atoms with E-state index in [0.29, 0.717) is 5.41 Å². The maximum atomic E-state index is 5.58. The van der Waals surface area contributed by atoms with E-state index in [1.165, 1.54) is 0 Å². The Morgan fingerprint density at radius 2 is 1.75 bits per heavy atom. The molecular formula is C11H21N. The van der Waals surface area contributed by atoms with Gasteiger partial charge in [0, 0.05) is 0 Å². The molecule has 1 nitrogen and oxygen atoms in total. The molecule has 2 N–H and O–H groups in total. The van der Waals surface area contributed by atoms with Crippen molar-refractivity contribution in [2.45, 2.75) is 32.6 Å². The Kier molecular flexibility index (Phi) is 5.73. The third-order valence-electron chi connectivity index (χ3n) is 2.58. The first-order valence-corrected chi connectivity index (χ1v) is 4.66. The normalized spacial score (nSPS) is 11.2. The Morgan fingerprint density at radius 3 is 2.00 bits per heavy atom. The average molecular weight is 167 g/mol. The van der Waals surface area contributed by atoms with Crippen LogP contribution in [0.5, 0.6) is 0 Å². The standard InChI is InChI=1S/C11H21N/c1-4-7-11(6-3,8-5-2)9-10-12/h4-5H,1-2,6-10,12H2,3H3. The largest absolute Gasteiger partial charge is 0.330 e. The summed E-state index contributed by atoms with van der Waals surface area (Å²) >= 11 is 0. The SMILES string of the molecule is C=CCC(CC)(CC=C)CCN. The second-order valence-electron chi connectivity index (χ2n) is 3.38. The first-order chi connectivity index (χ1) is 5.74. The molecule has 0 unspecified atom stereocenters. The molecule has 70 valence electrons. The van der Waals surface area contributed by atoms with Gasteiger partial charge in [-0.3, -0.25) is 0 Å². The van der Waals surface area contributed by atoms with Gasteiger partial charge in [-0.1, -0.05) is 19.1 Å². The summed E-state index contributed by atoms with van der Waals surface area (Å²) in [5.74, 6) is 0. The highest BCUT2D eigenvalue weighted by atomic mass is 14.5. The van der Waals surface area contributed by atoms with E-state index in [-0.39, 0.29) is 0 Å². The van der Waals surface area contributed by atoms with Gasteiger partial charge in [0.05, 0.1) is 0 Å². The molecule has 0 aromatic rings. The van der Waals surface area contributed by atoms with E-state index in [9.17, 15) is 0 Å². The molecule has 0 heterocycles. The lowest BCUT2D eigenvalue weighted by Crippen LogP contribution is -2.22. The van der Waals surface area contributed by atoms with Gasteiger partial charge in [0.25, 0.3) is 0 Å². The minimum Gasteiger partial charge on any atom is -0.330 e. The van der Waals surface area contributed by atoms with Gasteiger partial charge >= 0.3 is 0 Å². The Labute approximate surface area is 76.3 Å². The number of rotatable bonds is 7. The Balaban J connectivity index is 4.25. The molecule has 1 heteroatoms. The van der Waals surface area contributed by atoms with E-state index in [4.69, 9.17) is 5.73 Å². The van der Waals surface area contributed by atoms with Crippen molar-refractivity contribution in [3.8, 4) is 0 Å². The van der Waals surface area contributed by atoms with Crippen molar-refractivity contribution in [1.82, 2.24) is 0 Å². The summed E-state index contributed by atoms with van der Waals surface area (Å²) in [4.78, 5) is 0. The van der Waals surface area contributed by atoms with E-state index in [0.717, 1.165) is 32.2 Å². The van der Waals surface area contributed by atoms with Gasteiger partial charge in [-0.2, -0.15) is 0 Å². The van der Waals surface area contributed by atoms with Crippen molar-refractivity contribution in [2.24, 2.45) is 11.1 Å². The average Bonchev–Trinajstić information content (AvgIpc) is 2.06. The lowest BCUT2D eigenvalue weighted by Gasteiger charge is -2.30. The summed E-state index contributed by atoms with van der Waals surface area (Å²) in [7, 11) is 0. The maximum absolute atomic E-state index is 5.58. The molecular weight excluding hydrogens is 146 g/mol. The van der Waals surface area contributed by atoms with Crippen LogP contribution in [0.1, 0.15) is 32.6 Å². The molecule has 0 bridgehead atoms. The van der Waals surface area contributed by atoms with Crippen molar-refractivity contribution in [1.29, 1.82) is 0 Å². The number of hydrogen-bond acceptors (Lipinski definition) is 1. The van der Waals surface area contributed by atoms with E-state index in [1.807, 2.05) is 12.2 Å². The lowest BCUT2D eigenvalue weighted by atomic mass is 9.76. The molecule has 0 saturated heterocycles. The molecule has 0 saturated carbocycles.